The Kier molecular flexibility index (Phi) is 6.88. The minimum atomic E-state index is -0.540. The van der Waals surface area contributed by atoms with Gasteiger partial charge in [-0.05, 0) is 51.5 Å². The van der Waals surface area contributed by atoms with Crippen molar-refractivity contribution in [1.29, 1.82) is 0 Å². The molecule has 0 spiro atoms. The molecule has 2 N–H and O–H groups in total. The predicted octanol–water partition coefficient (Wildman–Crippen LogP) is 3.54. The molecule has 0 unspecified atom stereocenters. The fourth-order valence-electron chi connectivity index (χ4n) is 4.74. The molecule has 190 valence electrons. The van der Waals surface area contributed by atoms with Gasteiger partial charge < -0.3 is 29.6 Å². The molecule has 1 fully saturated rings. The Morgan fingerprint density at radius 3 is 2.81 bits per heavy atom. The number of rotatable bonds is 7. The third-order valence-corrected chi connectivity index (χ3v) is 6.81. The molecule has 5 rings (SSSR count). The van der Waals surface area contributed by atoms with E-state index in [0.717, 1.165) is 42.1 Å². The van der Waals surface area contributed by atoms with Crippen molar-refractivity contribution in [1.82, 2.24) is 24.8 Å². The lowest BCUT2D eigenvalue weighted by Crippen LogP contribution is -2.44. The zero-order valence-corrected chi connectivity index (χ0v) is 21.0. The highest BCUT2D eigenvalue weighted by atomic mass is 16.5. The maximum atomic E-state index is 11.9. The van der Waals surface area contributed by atoms with Gasteiger partial charge in [-0.2, -0.15) is 0 Å². The van der Waals surface area contributed by atoms with Crippen LogP contribution in [0, 0.1) is 0 Å². The van der Waals surface area contributed by atoms with Crippen LogP contribution in [0.5, 0.6) is 0 Å². The molecule has 10 heteroatoms. The summed E-state index contributed by atoms with van der Waals surface area (Å²) in [5.74, 6) is 1.56. The molecule has 36 heavy (non-hydrogen) atoms. The topological polar surface area (TPSA) is 106 Å². The molecule has 1 saturated heterocycles. The number of carbonyl (C=O) groups is 1. The third kappa shape index (κ3) is 4.91. The number of hydrogen-bond acceptors (Lipinski definition) is 7. The first-order chi connectivity index (χ1) is 17.5. The molecule has 2 aromatic heterocycles. The van der Waals surface area contributed by atoms with Gasteiger partial charge in [0, 0.05) is 48.8 Å². The van der Waals surface area contributed by atoms with E-state index in [-0.39, 0.29) is 12.1 Å². The van der Waals surface area contributed by atoms with Gasteiger partial charge in [-0.15, -0.1) is 0 Å². The second-order valence-corrected chi connectivity index (χ2v) is 9.45. The van der Waals surface area contributed by atoms with Crippen molar-refractivity contribution in [3.63, 3.8) is 0 Å². The number of benzene rings is 1. The monoisotopic (exact) mass is 491 g/mol. The first-order valence-electron chi connectivity index (χ1n) is 12.5. The van der Waals surface area contributed by atoms with Crippen LogP contribution in [0.3, 0.4) is 0 Å². The van der Waals surface area contributed by atoms with Gasteiger partial charge in [0.25, 0.3) is 0 Å². The summed E-state index contributed by atoms with van der Waals surface area (Å²) in [6.07, 6.45) is 6.33. The minimum absolute atomic E-state index is 0.201. The molecule has 2 atom stereocenters. The number of amides is 2. The van der Waals surface area contributed by atoms with Crippen LogP contribution >= 0.6 is 0 Å². The van der Waals surface area contributed by atoms with Crippen LogP contribution in [0.2, 0.25) is 0 Å². The average molecular weight is 492 g/mol. The molecule has 4 heterocycles. The summed E-state index contributed by atoms with van der Waals surface area (Å²) >= 11 is 0. The Morgan fingerprint density at radius 1 is 1.25 bits per heavy atom. The van der Waals surface area contributed by atoms with E-state index in [1.807, 2.05) is 43.7 Å². The van der Waals surface area contributed by atoms with Crippen molar-refractivity contribution < 1.29 is 14.3 Å². The van der Waals surface area contributed by atoms with Gasteiger partial charge in [-0.1, -0.05) is 0 Å². The number of morpholine rings is 1. The Balaban J connectivity index is 1.50. The molecule has 10 nitrogen and oxygen atoms in total. The van der Waals surface area contributed by atoms with Crippen LogP contribution in [0.15, 0.2) is 43.0 Å². The molecular formula is C26H33N7O3. The second kappa shape index (κ2) is 10.2. The van der Waals surface area contributed by atoms with Crippen LogP contribution < -0.4 is 15.5 Å². The van der Waals surface area contributed by atoms with E-state index in [2.05, 4.69) is 38.9 Å². The van der Waals surface area contributed by atoms with Gasteiger partial charge in [0.1, 0.15) is 11.4 Å². The number of fused-ring (bicyclic) bond motifs is 1. The number of nitrogens with one attached hydrogen (secondary N) is 2. The Bertz CT molecular complexity index is 1200. The first-order valence-corrected chi connectivity index (χ1v) is 12.5. The third-order valence-electron chi connectivity index (χ3n) is 6.81. The number of nitrogens with zero attached hydrogens (tertiary/aromatic N) is 5. The summed E-state index contributed by atoms with van der Waals surface area (Å²) in [5.41, 5.74) is 3.04. The van der Waals surface area contributed by atoms with E-state index in [1.54, 1.807) is 6.20 Å². The normalized spacial score (nSPS) is 21.3. The number of urea groups is 1. The van der Waals surface area contributed by atoms with Gasteiger partial charge >= 0.3 is 6.03 Å². The number of aryl methyl sites for hydroxylation is 1. The maximum absolute atomic E-state index is 11.9. The van der Waals surface area contributed by atoms with Crippen molar-refractivity contribution >= 4 is 17.5 Å². The highest BCUT2D eigenvalue weighted by Crippen LogP contribution is 2.43. The van der Waals surface area contributed by atoms with Gasteiger partial charge in [0.2, 0.25) is 0 Å². The number of imidazole rings is 1. The van der Waals surface area contributed by atoms with E-state index < -0.39 is 5.60 Å². The molecule has 1 aromatic carbocycles. The number of carbonyl (C=O) groups excluding carboxylic acids is 1. The zero-order chi connectivity index (χ0) is 25.1. The van der Waals surface area contributed by atoms with E-state index in [4.69, 9.17) is 19.4 Å². The maximum Gasteiger partial charge on any atom is 0.319 e. The smallest absolute Gasteiger partial charge is 0.319 e. The molecule has 0 radical (unpaired) electrons. The lowest BCUT2D eigenvalue weighted by Gasteiger charge is -2.35. The van der Waals surface area contributed by atoms with Crippen molar-refractivity contribution in [3.8, 4) is 11.4 Å². The number of ether oxygens (including phenoxy) is 2. The Morgan fingerprint density at radius 2 is 2.08 bits per heavy atom. The van der Waals surface area contributed by atoms with Crippen LogP contribution in [0.25, 0.3) is 11.4 Å². The van der Waals surface area contributed by atoms with Crippen molar-refractivity contribution in [2.24, 2.45) is 0 Å². The largest absolute Gasteiger partial charge is 0.377 e. The van der Waals surface area contributed by atoms with Gasteiger partial charge in [0.15, 0.2) is 5.82 Å². The summed E-state index contributed by atoms with van der Waals surface area (Å²) in [6, 6.07) is 7.59. The SMILES string of the molecule is CCNC(=O)Nc1ccc(-c2nc(N3CCOC[C@@H]3C)c3c(n2)[C@](C)(CCn2ccnc2)OC3)cc1. The highest BCUT2D eigenvalue weighted by molar-refractivity contribution is 5.89. The summed E-state index contributed by atoms with van der Waals surface area (Å²) in [4.78, 5) is 28.5. The standard InChI is InChI=1S/C26H33N7O3/c1-4-28-25(34)29-20-7-5-19(6-8-20)23-30-22-21(24(31-23)33-13-14-35-15-18(33)2)16-36-26(22,3)9-11-32-12-10-27-17-32/h5-8,10,12,17-18H,4,9,11,13-16H2,1-3H3,(H2,28,29,34)/t18-,26-/m0/s1. The first kappa shape index (κ1) is 24.2. The van der Waals surface area contributed by atoms with E-state index in [0.29, 0.717) is 37.9 Å². The Hall–Kier alpha value is -3.50. The summed E-state index contributed by atoms with van der Waals surface area (Å²) in [7, 11) is 0. The quantitative estimate of drug-likeness (QED) is 0.521. The summed E-state index contributed by atoms with van der Waals surface area (Å²) in [6.45, 7) is 10.1. The molecule has 0 saturated carbocycles. The van der Waals surface area contributed by atoms with Crippen molar-refractivity contribution in [3.05, 3.63) is 54.2 Å². The number of aromatic nitrogens is 4. The van der Waals surface area contributed by atoms with E-state index >= 15 is 0 Å². The lowest BCUT2D eigenvalue weighted by atomic mass is 9.95. The molecule has 0 aliphatic carbocycles. The van der Waals surface area contributed by atoms with Crippen LogP contribution in [-0.2, 0) is 28.2 Å². The summed E-state index contributed by atoms with van der Waals surface area (Å²) < 4.78 is 14.1. The molecule has 3 aromatic rings. The highest BCUT2D eigenvalue weighted by Gasteiger charge is 2.41. The summed E-state index contributed by atoms with van der Waals surface area (Å²) in [5, 5.41) is 5.57. The molecule has 0 bridgehead atoms. The molecule has 2 aliphatic heterocycles. The van der Waals surface area contributed by atoms with Crippen LogP contribution in [-0.4, -0.2) is 57.9 Å². The fraction of sp³-hybridized carbons (Fsp3) is 0.462. The van der Waals surface area contributed by atoms with Gasteiger partial charge in [-0.3, -0.25) is 0 Å². The van der Waals surface area contributed by atoms with Crippen molar-refractivity contribution in [2.75, 3.05) is 36.5 Å². The van der Waals surface area contributed by atoms with E-state index in [9.17, 15) is 4.79 Å². The average Bonchev–Trinajstić information content (AvgIpc) is 3.52. The molecule has 2 amide bonds. The van der Waals surface area contributed by atoms with Crippen molar-refractivity contribution in [2.45, 2.75) is 52.0 Å². The molecule has 2 aliphatic rings. The fourth-order valence-corrected chi connectivity index (χ4v) is 4.74. The number of hydrogen-bond donors (Lipinski definition) is 2. The van der Waals surface area contributed by atoms with Gasteiger partial charge in [-0.25, -0.2) is 19.7 Å². The van der Waals surface area contributed by atoms with E-state index in [1.165, 1.54) is 0 Å². The van der Waals surface area contributed by atoms with Crippen LogP contribution in [0.1, 0.15) is 38.4 Å². The predicted molar refractivity (Wildman–Crippen MR) is 137 cm³/mol. The second-order valence-electron chi connectivity index (χ2n) is 9.45. The van der Waals surface area contributed by atoms with Gasteiger partial charge in [0.05, 0.1) is 37.9 Å². The zero-order valence-electron chi connectivity index (χ0n) is 21.0. The molecular weight excluding hydrogens is 458 g/mol. The minimum Gasteiger partial charge on any atom is -0.377 e. The Labute approximate surface area is 211 Å². The lowest BCUT2D eigenvalue weighted by molar-refractivity contribution is -0.0345. The van der Waals surface area contributed by atoms with Crippen LogP contribution in [0.4, 0.5) is 16.3 Å². The number of anilines is 2.